The van der Waals surface area contributed by atoms with Gasteiger partial charge in [-0.15, -0.1) is 0 Å². The lowest BCUT2D eigenvalue weighted by molar-refractivity contribution is -0.144. The van der Waals surface area contributed by atoms with Crippen molar-refractivity contribution in [1.82, 2.24) is 4.90 Å². The van der Waals surface area contributed by atoms with E-state index in [1.165, 1.54) is 0 Å². The van der Waals surface area contributed by atoms with E-state index in [4.69, 9.17) is 14.7 Å². The zero-order valence-electron chi connectivity index (χ0n) is 18.5. The summed E-state index contributed by atoms with van der Waals surface area (Å²) in [6.07, 6.45) is 0.596. The van der Waals surface area contributed by atoms with Crippen molar-refractivity contribution in [2.45, 2.75) is 19.4 Å². The first-order chi connectivity index (χ1) is 15.6. The third-order valence-electron chi connectivity index (χ3n) is 5.13. The predicted molar refractivity (Wildman–Crippen MR) is 125 cm³/mol. The zero-order valence-corrected chi connectivity index (χ0v) is 18.5. The molecule has 32 heavy (non-hydrogen) atoms. The SMILES string of the molecule is CCOC(=O)CN(C)CCC(Oc1ccc(-c2ccc(C#N)cc2)cc1)c1ccccc1. The van der Waals surface area contributed by atoms with Crippen LogP contribution >= 0.6 is 0 Å². The number of ether oxygens (including phenoxy) is 2. The van der Waals surface area contributed by atoms with E-state index in [2.05, 4.69) is 18.2 Å². The number of carbonyl (C=O) groups excluding carboxylic acids is 1. The number of esters is 1. The van der Waals surface area contributed by atoms with E-state index >= 15 is 0 Å². The third kappa shape index (κ3) is 6.69. The number of rotatable bonds is 10. The maximum atomic E-state index is 11.7. The molecule has 1 unspecified atom stereocenters. The molecule has 5 nitrogen and oxygen atoms in total. The summed E-state index contributed by atoms with van der Waals surface area (Å²) in [6, 6.07) is 27.7. The maximum absolute atomic E-state index is 11.7. The quantitative estimate of drug-likeness (QED) is 0.414. The van der Waals surface area contributed by atoms with E-state index in [0.29, 0.717) is 18.7 Å². The molecule has 0 saturated heterocycles. The number of nitrogens with zero attached hydrogens (tertiary/aromatic N) is 2. The number of nitriles is 1. The van der Waals surface area contributed by atoms with E-state index < -0.39 is 0 Å². The standard InChI is InChI=1S/C27H28N2O3/c1-3-31-27(30)20-29(2)18-17-26(24-7-5-4-6-8-24)32-25-15-13-23(14-16-25)22-11-9-21(19-28)10-12-22/h4-16,26H,3,17-18,20H2,1-2H3. The average molecular weight is 429 g/mol. The Morgan fingerprint density at radius 1 is 0.969 bits per heavy atom. The van der Waals surface area contributed by atoms with E-state index in [1.54, 1.807) is 0 Å². The van der Waals surface area contributed by atoms with Gasteiger partial charge in [0.05, 0.1) is 24.8 Å². The van der Waals surface area contributed by atoms with Gasteiger partial charge in [0.2, 0.25) is 0 Å². The molecule has 0 aliphatic rings. The van der Waals surface area contributed by atoms with Gasteiger partial charge in [0.25, 0.3) is 0 Å². The highest BCUT2D eigenvalue weighted by molar-refractivity contribution is 5.71. The summed E-state index contributed by atoms with van der Waals surface area (Å²) in [6.45, 7) is 3.15. The number of benzene rings is 3. The summed E-state index contributed by atoms with van der Waals surface area (Å²) >= 11 is 0. The molecular formula is C27H28N2O3. The van der Waals surface area contributed by atoms with Crippen LogP contribution in [-0.2, 0) is 9.53 Å². The Bertz CT molecular complexity index is 1030. The van der Waals surface area contributed by atoms with Crippen LogP contribution in [0.15, 0.2) is 78.9 Å². The van der Waals surface area contributed by atoms with Gasteiger partial charge in [-0.05, 0) is 54.9 Å². The molecule has 0 amide bonds. The van der Waals surface area contributed by atoms with Gasteiger partial charge in [-0.25, -0.2) is 0 Å². The Hall–Kier alpha value is -3.62. The number of hydrogen-bond donors (Lipinski definition) is 0. The fourth-order valence-electron chi connectivity index (χ4n) is 3.43. The Morgan fingerprint density at radius 2 is 1.59 bits per heavy atom. The molecular weight excluding hydrogens is 400 g/mol. The highest BCUT2D eigenvalue weighted by Gasteiger charge is 2.16. The Balaban J connectivity index is 1.68. The van der Waals surface area contributed by atoms with E-state index in [1.807, 2.05) is 85.6 Å². The van der Waals surface area contributed by atoms with Crippen LogP contribution in [0.3, 0.4) is 0 Å². The largest absolute Gasteiger partial charge is 0.486 e. The normalized spacial score (nSPS) is 11.6. The molecule has 0 aliphatic heterocycles. The highest BCUT2D eigenvalue weighted by atomic mass is 16.5. The third-order valence-corrected chi connectivity index (χ3v) is 5.13. The van der Waals surface area contributed by atoms with Crippen LogP contribution < -0.4 is 4.74 Å². The molecule has 0 N–H and O–H groups in total. The lowest BCUT2D eigenvalue weighted by Gasteiger charge is -2.23. The molecule has 0 heterocycles. The van der Waals surface area contributed by atoms with Crippen LogP contribution in [0.5, 0.6) is 5.75 Å². The molecule has 0 aliphatic carbocycles. The summed E-state index contributed by atoms with van der Waals surface area (Å²) in [5.74, 6) is 0.565. The Labute approximate surface area is 189 Å². The molecule has 5 heteroatoms. The molecule has 0 spiro atoms. The minimum Gasteiger partial charge on any atom is -0.486 e. The van der Waals surface area contributed by atoms with Gasteiger partial charge in [0, 0.05) is 13.0 Å². The van der Waals surface area contributed by atoms with Crippen molar-refractivity contribution in [3.63, 3.8) is 0 Å². The molecule has 3 aromatic carbocycles. The second-order valence-electron chi connectivity index (χ2n) is 7.56. The van der Waals surface area contributed by atoms with Gasteiger partial charge in [-0.2, -0.15) is 5.26 Å². The summed E-state index contributed by atoms with van der Waals surface area (Å²) in [5, 5.41) is 8.97. The van der Waals surface area contributed by atoms with Gasteiger partial charge in [-0.1, -0.05) is 54.6 Å². The first-order valence-electron chi connectivity index (χ1n) is 10.8. The summed E-state index contributed by atoms with van der Waals surface area (Å²) in [7, 11) is 1.91. The van der Waals surface area contributed by atoms with E-state index in [9.17, 15) is 4.79 Å². The minimum absolute atomic E-state index is 0.137. The first-order valence-corrected chi connectivity index (χ1v) is 10.8. The Kier molecular flexibility index (Phi) is 8.42. The second kappa shape index (κ2) is 11.7. The fraction of sp³-hybridized carbons (Fsp3) is 0.259. The lowest BCUT2D eigenvalue weighted by Crippen LogP contribution is -2.29. The van der Waals surface area contributed by atoms with Gasteiger partial charge < -0.3 is 9.47 Å². The molecule has 1 atom stereocenters. The second-order valence-corrected chi connectivity index (χ2v) is 7.56. The van der Waals surface area contributed by atoms with E-state index in [-0.39, 0.29) is 18.6 Å². The summed E-state index contributed by atoms with van der Waals surface area (Å²) in [5.41, 5.74) is 3.85. The first kappa shape index (κ1) is 23.1. The number of carbonyl (C=O) groups is 1. The number of likely N-dealkylation sites (N-methyl/N-ethyl adjacent to an activating group) is 1. The molecule has 0 fully saturated rings. The van der Waals surface area contributed by atoms with Crippen molar-refractivity contribution in [2.75, 3.05) is 26.7 Å². The molecule has 164 valence electrons. The molecule has 0 aromatic heterocycles. The Morgan fingerprint density at radius 3 is 2.19 bits per heavy atom. The summed E-state index contributed by atoms with van der Waals surface area (Å²) < 4.78 is 11.4. The van der Waals surface area contributed by atoms with Crippen molar-refractivity contribution in [1.29, 1.82) is 5.26 Å². The zero-order chi connectivity index (χ0) is 22.8. The van der Waals surface area contributed by atoms with Crippen LogP contribution in [0.25, 0.3) is 11.1 Å². The predicted octanol–water partition coefficient (Wildman–Crippen LogP) is 5.23. The van der Waals surface area contributed by atoms with Crippen molar-refractivity contribution in [3.8, 4) is 22.9 Å². The molecule has 3 rings (SSSR count). The molecule has 0 radical (unpaired) electrons. The number of hydrogen-bond acceptors (Lipinski definition) is 5. The van der Waals surface area contributed by atoms with Crippen molar-refractivity contribution in [3.05, 3.63) is 90.0 Å². The van der Waals surface area contributed by atoms with Gasteiger partial charge in [-0.3, -0.25) is 9.69 Å². The van der Waals surface area contributed by atoms with Crippen molar-refractivity contribution < 1.29 is 14.3 Å². The monoisotopic (exact) mass is 428 g/mol. The fourth-order valence-corrected chi connectivity index (χ4v) is 3.43. The van der Waals surface area contributed by atoms with Crippen LogP contribution in [0, 0.1) is 11.3 Å². The van der Waals surface area contributed by atoms with Crippen LogP contribution in [0.4, 0.5) is 0 Å². The van der Waals surface area contributed by atoms with E-state index in [0.717, 1.165) is 28.9 Å². The highest BCUT2D eigenvalue weighted by Crippen LogP contribution is 2.28. The van der Waals surface area contributed by atoms with Crippen LogP contribution in [0.1, 0.15) is 30.6 Å². The van der Waals surface area contributed by atoms with Crippen molar-refractivity contribution >= 4 is 5.97 Å². The average Bonchev–Trinajstić information content (AvgIpc) is 2.83. The van der Waals surface area contributed by atoms with Crippen LogP contribution in [-0.4, -0.2) is 37.6 Å². The van der Waals surface area contributed by atoms with Crippen LogP contribution in [0.2, 0.25) is 0 Å². The molecule has 3 aromatic rings. The van der Waals surface area contributed by atoms with Gasteiger partial charge in [0.1, 0.15) is 11.9 Å². The van der Waals surface area contributed by atoms with Gasteiger partial charge >= 0.3 is 5.97 Å². The topological polar surface area (TPSA) is 62.6 Å². The molecule has 0 saturated carbocycles. The van der Waals surface area contributed by atoms with Gasteiger partial charge in [0.15, 0.2) is 0 Å². The van der Waals surface area contributed by atoms with Crippen molar-refractivity contribution in [2.24, 2.45) is 0 Å². The summed E-state index contributed by atoms with van der Waals surface area (Å²) in [4.78, 5) is 13.7. The maximum Gasteiger partial charge on any atom is 0.320 e. The lowest BCUT2D eigenvalue weighted by atomic mass is 10.0. The molecule has 0 bridgehead atoms. The minimum atomic E-state index is -0.217. The smallest absolute Gasteiger partial charge is 0.320 e.